The number of hydrogen-bond donors (Lipinski definition) is 1. The maximum Gasteiger partial charge on any atom is 0.0835 e. The molecule has 1 aliphatic carbocycles. The zero-order chi connectivity index (χ0) is 8.55. The molecule has 0 aromatic heterocycles. The fourth-order valence-corrected chi connectivity index (χ4v) is 3.14. The minimum atomic E-state index is 0.639. The van der Waals surface area contributed by atoms with Gasteiger partial charge in [-0.1, -0.05) is 37.3 Å². The summed E-state index contributed by atoms with van der Waals surface area (Å²) >= 11 is 10.4. The van der Waals surface area contributed by atoms with Gasteiger partial charge in [-0.25, -0.2) is 0 Å². The highest BCUT2D eigenvalue weighted by Gasteiger charge is 2.32. The van der Waals surface area contributed by atoms with Crippen LogP contribution in [0.15, 0.2) is 0 Å². The lowest BCUT2D eigenvalue weighted by atomic mass is 9.75. The topological polar surface area (TPSA) is 12.0 Å². The fourth-order valence-electron chi connectivity index (χ4n) is 2.32. The van der Waals surface area contributed by atoms with E-state index in [1.54, 1.807) is 0 Å². The van der Waals surface area contributed by atoms with Crippen molar-refractivity contribution in [2.75, 3.05) is 0 Å². The zero-order valence-electron chi connectivity index (χ0n) is 7.01. The monoisotopic (exact) mass is 199 g/mol. The molecule has 1 nitrogen and oxygen atoms in total. The lowest BCUT2D eigenvalue weighted by molar-refractivity contribution is 0.301. The SMILES string of the molecule is S=C1C[C@H]2CCCC[C@@H]2C(=S)N1. The van der Waals surface area contributed by atoms with E-state index in [4.69, 9.17) is 24.4 Å². The van der Waals surface area contributed by atoms with Gasteiger partial charge in [-0.3, -0.25) is 0 Å². The molecular formula is C9H13NS2. The first-order valence-electron chi connectivity index (χ1n) is 4.61. The molecule has 0 aromatic carbocycles. The Bertz CT molecular complexity index is 225. The normalized spacial score (nSPS) is 35.7. The molecule has 2 rings (SSSR count). The lowest BCUT2D eigenvalue weighted by Crippen LogP contribution is -2.44. The van der Waals surface area contributed by atoms with E-state index in [0.29, 0.717) is 5.92 Å². The molecule has 1 N–H and O–H groups in total. The second-order valence-electron chi connectivity index (χ2n) is 3.77. The molecule has 1 saturated heterocycles. The maximum absolute atomic E-state index is 5.28. The molecule has 2 atom stereocenters. The van der Waals surface area contributed by atoms with Crippen LogP contribution in [0.25, 0.3) is 0 Å². The van der Waals surface area contributed by atoms with E-state index in [2.05, 4.69) is 5.32 Å². The Labute approximate surface area is 83.9 Å². The highest BCUT2D eigenvalue weighted by molar-refractivity contribution is 7.82. The van der Waals surface area contributed by atoms with Crippen molar-refractivity contribution < 1.29 is 0 Å². The van der Waals surface area contributed by atoms with Gasteiger partial charge < -0.3 is 5.32 Å². The van der Waals surface area contributed by atoms with Crippen LogP contribution < -0.4 is 5.32 Å². The van der Waals surface area contributed by atoms with E-state index in [0.717, 1.165) is 22.3 Å². The van der Waals surface area contributed by atoms with Gasteiger partial charge in [-0.2, -0.15) is 0 Å². The number of thiocarbonyl (C=S) groups is 2. The van der Waals surface area contributed by atoms with Crippen LogP contribution in [0.3, 0.4) is 0 Å². The molecule has 3 heteroatoms. The fraction of sp³-hybridized carbons (Fsp3) is 0.778. The van der Waals surface area contributed by atoms with E-state index in [1.807, 2.05) is 0 Å². The molecule has 1 saturated carbocycles. The standard InChI is InChI=1S/C9H13NS2/c11-8-5-6-3-1-2-4-7(6)9(12)10-8/h6-7H,1-5H2,(H,10,11,12)/t6-,7+/m1/s1. The predicted octanol–water partition coefficient (Wildman–Crippen LogP) is 2.44. The van der Waals surface area contributed by atoms with Crippen molar-refractivity contribution in [3.63, 3.8) is 0 Å². The number of fused-ring (bicyclic) bond motifs is 1. The first-order chi connectivity index (χ1) is 5.77. The molecule has 0 unspecified atom stereocenters. The summed E-state index contributed by atoms with van der Waals surface area (Å²) in [6, 6.07) is 0. The van der Waals surface area contributed by atoms with Gasteiger partial charge in [-0.05, 0) is 18.8 Å². The molecule has 0 amide bonds. The molecule has 1 aliphatic heterocycles. The van der Waals surface area contributed by atoms with Crippen LogP contribution in [0.5, 0.6) is 0 Å². The Morgan fingerprint density at radius 1 is 1.17 bits per heavy atom. The van der Waals surface area contributed by atoms with Gasteiger partial charge in [-0.15, -0.1) is 0 Å². The average molecular weight is 199 g/mol. The van der Waals surface area contributed by atoms with Crippen molar-refractivity contribution >= 4 is 34.4 Å². The molecule has 0 radical (unpaired) electrons. The third kappa shape index (κ3) is 1.52. The summed E-state index contributed by atoms with van der Waals surface area (Å²) < 4.78 is 0. The molecule has 12 heavy (non-hydrogen) atoms. The smallest absolute Gasteiger partial charge is 0.0835 e. The predicted molar refractivity (Wildman–Crippen MR) is 58.4 cm³/mol. The summed E-state index contributed by atoms with van der Waals surface area (Å²) in [5, 5.41) is 3.14. The third-order valence-electron chi connectivity index (χ3n) is 2.96. The van der Waals surface area contributed by atoms with Crippen LogP contribution in [0, 0.1) is 11.8 Å². The molecule has 0 aromatic rings. The van der Waals surface area contributed by atoms with Crippen molar-refractivity contribution in [2.24, 2.45) is 11.8 Å². The summed E-state index contributed by atoms with van der Waals surface area (Å²) in [5.74, 6) is 1.40. The minimum Gasteiger partial charge on any atom is -0.344 e. The zero-order valence-corrected chi connectivity index (χ0v) is 8.64. The summed E-state index contributed by atoms with van der Waals surface area (Å²) in [6.07, 6.45) is 6.38. The van der Waals surface area contributed by atoms with Crippen LogP contribution in [0.1, 0.15) is 32.1 Å². The number of piperidine rings is 1. The van der Waals surface area contributed by atoms with Crippen molar-refractivity contribution in [1.82, 2.24) is 5.32 Å². The summed E-state index contributed by atoms with van der Waals surface area (Å²) in [6.45, 7) is 0. The Hall–Kier alpha value is -0.0200. The first kappa shape index (κ1) is 8.57. The van der Waals surface area contributed by atoms with E-state index >= 15 is 0 Å². The number of hydrogen-bond acceptors (Lipinski definition) is 2. The van der Waals surface area contributed by atoms with Crippen LogP contribution in [-0.4, -0.2) is 9.98 Å². The van der Waals surface area contributed by atoms with E-state index in [-0.39, 0.29) is 0 Å². The molecule has 66 valence electrons. The van der Waals surface area contributed by atoms with Crippen molar-refractivity contribution in [2.45, 2.75) is 32.1 Å². The summed E-state index contributed by atoms with van der Waals surface area (Å²) in [5.41, 5.74) is 0. The van der Waals surface area contributed by atoms with Crippen LogP contribution >= 0.6 is 24.4 Å². The summed E-state index contributed by atoms with van der Waals surface area (Å²) in [4.78, 5) is 1.97. The van der Waals surface area contributed by atoms with Gasteiger partial charge in [0, 0.05) is 12.3 Å². The van der Waals surface area contributed by atoms with E-state index < -0.39 is 0 Å². The van der Waals surface area contributed by atoms with Gasteiger partial charge in [0.15, 0.2) is 0 Å². The van der Waals surface area contributed by atoms with E-state index in [1.165, 1.54) is 25.7 Å². The van der Waals surface area contributed by atoms with Crippen molar-refractivity contribution in [3.8, 4) is 0 Å². The van der Waals surface area contributed by atoms with Crippen molar-refractivity contribution in [3.05, 3.63) is 0 Å². The molecule has 2 aliphatic rings. The van der Waals surface area contributed by atoms with Gasteiger partial charge in [0.25, 0.3) is 0 Å². The lowest BCUT2D eigenvalue weighted by Gasteiger charge is -2.36. The van der Waals surface area contributed by atoms with Gasteiger partial charge in [0.05, 0.1) is 9.98 Å². The second kappa shape index (κ2) is 3.38. The Balaban J connectivity index is 2.11. The van der Waals surface area contributed by atoms with Gasteiger partial charge >= 0.3 is 0 Å². The Morgan fingerprint density at radius 3 is 2.75 bits per heavy atom. The largest absolute Gasteiger partial charge is 0.344 e. The minimum absolute atomic E-state index is 0.639. The van der Waals surface area contributed by atoms with Crippen LogP contribution in [0.2, 0.25) is 0 Å². The third-order valence-corrected chi connectivity index (χ3v) is 3.63. The average Bonchev–Trinajstić information content (AvgIpc) is 2.04. The van der Waals surface area contributed by atoms with E-state index in [9.17, 15) is 0 Å². The van der Waals surface area contributed by atoms with Gasteiger partial charge in [0.2, 0.25) is 0 Å². The quantitative estimate of drug-likeness (QED) is 0.602. The highest BCUT2D eigenvalue weighted by Crippen LogP contribution is 2.35. The Kier molecular flexibility index (Phi) is 2.42. The van der Waals surface area contributed by atoms with Crippen molar-refractivity contribution in [1.29, 1.82) is 0 Å². The second-order valence-corrected chi connectivity index (χ2v) is 4.70. The number of nitrogens with one attached hydrogen (secondary N) is 1. The molecular weight excluding hydrogens is 186 g/mol. The molecule has 2 fully saturated rings. The van der Waals surface area contributed by atoms with Gasteiger partial charge in [0.1, 0.15) is 0 Å². The highest BCUT2D eigenvalue weighted by atomic mass is 32.1. The maximum atomic E-state index is 5.28. The molecule has 0 bridgehead atoms. The van der Waals surface area contributed by atoms with Crippen LogP contribution in [0.4, 0.5) is 0 Å². The van der Waals surface area contributed by atoms with Crippen LogP contribution in [-0.2, 0) is 0 Å². The molecule has 0 spiro atoms. The first-order valence-corrected chi connectivity index (χ1v) is 5.43. The summed E-state index contributed by atoms with van der Waals surface area (Å²) in [7, 11) is 0. The Morgan fingerprint density at radius 2 is 1.92 bits per heavy atom. The molecule has 1 heterocycles. The number of rotatable bonds is 0.